The highest BCUT2D eigenvalue weighted by molar-refractivity contribution is 5.80. The van der Waals surface area contributed by atoms with E-state index < -0.39 is 11.6 Å². The highest BCUT2D eigenvalue weighted by atomic mass is 16.5. The number of carbonyl (C=O) groups is 2. The minimum Gasteiger partial charge on any atom is -0.498 e. The van der Waals surface area contributed by atoms with Crippen molar-refractivity contribution < 1.29 is 23.9 Å². The smallest absolute Gasteiger partial charge is 0.278 e. The second-order valence-electron chi connectivity index (χ2n) is 7.23. The van der Waals surface area contributed by atoms with Gasteiger partial charge in [-0.2, -0.15) is 0 Å². The summed E-state index contributed by atoms with van der Waals surface area (Å²) in [5.41, 5.74) is -0.539. The van der Waals surface area contributed by atoms with Gasteiger partial charge in [0.25, 0.3) is 12.0 Å². The van der Waals surface area contributed by atoms with Crippen molar-refractivity contribution >= 4 is 12.0 Å². The average molecular weight is 282 g/mol. The molecule has 0 aromatic rings. The topological polar surface area (TPSA) is 69.7 Å². The summed E-state index contributed by atoms with van der Waals surface area (Å²) in [4.78, 5) is 26.0. The molecule has 3 unspecified atom stereocenters. The third kappa shape index (κ3) is 1.78. The third-order valence-corrected chi connectivity index (χ3v) is 5.35. The van der Waals surface area contributed by atoms with Crippen molar-refractivity contribution in [1.82, 2.24) is 4.90 Å². The zero-order valence-electron chi connectivity index (χ0n) is 12.3. The number of rotatable bonds is 1. The van der Waals surface area contributed by atoms with Crippen LogP contribution in [-0.4, -0.2) is 65.8 Å². The van der Waals surface area contributed by atoms with E-state index in [2.05, 4.69) is 0 Å². The van der Waals surface area contributed by atoms with Crippen LogP contribution in [0.4, 0.5) is 4.79 Å². The quantitative estimate of drug-likeness (QED) is 0.604. The molecule has 0 radical (unpaired) electrons. The lowest BCUT2D eigenvalue weighted by Gasteiger charge is -2.51. The molecule has 1 saturated carbocycles. The second-order valence-corrected chi connectivity index (χ2v) is 7.23. The molecule has 20 heavy (non-hydrogen) atoms. The summed E-state index contributed by atoms with van der Waals surface area (Å²) in [5, 5.41) is 11.6. The van der Waals surface area contributed by atoms with Crippen molar-refractivity contribution in [2.24, 2.45) is 11.8 Å². The minimum absolute atomic E-state index is 0.00261. The normalized spacial score (nSPS) is 40.6. The number of carboxylic acid groups (broad SMARTS) is 1. The lowest BCUT2D eigenvalue weighted by molar-refractivity contribution is -0.915. The molecule has 2 saturated heterocycles. The van der Waals surface area contributed by atoms with Gasteiger partial charge in [-0.25, -0.2) is 0 Å². The molecule has 3 aliphatic rings. The fourth-order valence-corrected chi connectivity index (χ4v) is 3.79. The van der Waals surface area contributed by atoms with Crippen LogP contribution in [0.2, 0.25) is 0 Å². The van der Waals surface area contributed by atoms with E-state index >= 15 is 0 Å². The van der Waals surface area contributed by atoms with Crippen molar-refractivity contribution in [3.63, 3.8) is 0 Å². The maximum atomic E-state index is 12.5. The van der Waals surface area contributed by atoms with Crippen LogP contribution in [0.5, 0.6) is 0 Å². The van der Waals surface area contributed by atoms with Gasteiger partial charge in [-0.3, -0.25) is 9.28 Å². The minimum atomic E-state index is -1.15. The van der Waals surface area contributed by atoms with Crippen LogP contribution in [0, 0.1) is 11.8 Å². The molecule has 0 N–H and O–H groups in total. The molecule has 0 aromatic carbocycles. The Morgan fingerprint density at radius 3 is 2.40 bits per heavy atom. The molecule has 0 aromatic heterocycles. The molecule has 2 heterocycles. The number of piperazine rings is 1. The van der Waals surface area contributed by atoms with E-state index in [1.165, 1.54) is 0 Å². The first-order valence-electron chi connectivity index (χ1n) is 7.24. The van der Waals surface area contributed by atoms with E-state index in [4.69, 9.17) is 4.74 Å². The maximum absolute atomic E-state index is 12.5. The zero-order valence-corrected chi connectivity index (χ0v) is 12.3. The number of amides is 2. The maximum Gasteiger partial charge on any atom is 0.278 e. The number of nitrogens with zero attached hydrogens (tertiary/aromatic N) is 2. The first kappa shape index (κ1) is 13.8. The van der Waals surface area contributed by atoms with E-state index in [1.54, 1.807) is 0 Å². The van der Waals surface area contributed by atoms with Crippen LogP contribution in [0.15, 0.2) is 0 Å². The summed E-state index contributed by atoms with van der Waals surface area (Å²) in [6, 6.07) is 0.278. The molecule has 6 heteroatoms. The Morgan fingerprint density at radius 1 is 1.35 bits per heavy atom. The van der Waals surface area contributed by atoms with Gasteiger partial charge in [-0.1, -0.05) is 0 Å². The molecular weight excluding hydrogens is 260 g/mol. The van der Waals surface area contributed by atoms with E-state index in [0.29, 0.717) is 24.9 Å². The first-order valence-corrected chi connectivity index (χ1v) is 7.24. The molecule has 3 atom stereocenters. The van der Waals surface area contributed by atoms with Gasteiger partial charge in [-0.05, 0) is 20.8 Å². The van der Waals surface area contributed by atoms with Gasteiger partial charge >= 0.3 is 0 Å². The summed E-state index contributed by atoms with van der Waals surface area (Å²) < 4.78 is 5.07. The standard InChI is InChI=1S/C14H22N2O4/c1-14(2,3)16(13(18)19)5-4-15(11(17)6-16)12-9-7-20-8-10(9)12/h9-10,12H,4-8H2,1-3H3. The largest absolute Gasteiger partial charge is 0.498 e. The monoisotopic (exact) mass is 282 g/mol. The molecule has 3 fully saturated rings. The molecule has 2 aliphatic heterocycles. The van der Waals surface area contributed by atoms with Gasteiger partial charge in [-0.15, -0.1) is 0 Å². The number of fused-ring (bicyclic) bond motifs is 1. The number of ether oxygens (including phenoxy) is 1. The average Bonchev–Trinajstić information content (AvgIpc) is 2.80. The first-order chi connectivity index (χ1) is 9.28. The molecule has 0 spiro atoms. The Kier molecular flexibility index (Phi) is 2.89. The van der Waals surface area contributed by atoms with Gasteiger partial charge in [0.1, 0.15) is 6.54 Å². The summed E-state index contributed by atoms with van der Waals surface area (Å²) in [6.45, 7) is 7.96. The van der Waals surface area contributed by atoms with E-state index in [0.717, 1.165) is 13.2 Å². The number of hydrogen-bond acceptors (Lipinski definition) is 4. The summed E-state index contributed by atoms with van der Waals surface area (Å²) >= 11 is 0. The Hall–Kier alpha value is -1.14. The predicted molar refractivity (Wildman–Crippen MR) is 68.4 cm³/mol. The van der Waals surface area contributed by atoms with Crippen LogP contribution in [-0.2, 0) is 9.53 Å². The van der Waals surface area contributed by atoms with Gasteiger partial charge in [0, 0.05) is 17.9 Å². The summed E-state index contributed by atoms with van der Waals surface area (Å²) in [6.07, 6.45) is -1.15. The van der Waals surface area contributed by atoms with Crippen LogP contribution in [0.25, 0.3) is 0 Å². The Bertz CT molecular complexity index is 449. The van der Waals surface area contributed by atoms with Gasteiger partial charge in [0.05, 0.1) is 25.3 Å². The number of carbonyl (C=O) groups excluding carboxylic acids is 2. The fourth-order valence-electron chi connectivity index (χ4n) is 3.79. The van der Waals surface area contributed by atoms with Crippen molar-refractivity contribution in [2.75, 3.05) is 32.8 Å². The highest BCUT2D eigenvalue weighted by Crippen LogP contribution is 2.48. The Morgan fingerprint density at radius 2 is 1.95 bits per heavy atom. The fraction of sp³-hybridized carbons (Fsp3) is 0.857. The van der Waals surface area contributed by atoms with E-state index in [9.17, 15) is 14.7 Å². The van der Waals surface area contributed by atoms with Gasteiger partial charge in [0.15, 0.2) is 6.54 Å². The third-order valence-electron chi connectivity index (χ3n) is 5.35. The molecule has 6 nitrogen and oxygen atoms in total. The van der Waals surface area contributed by atoms with Crippen molar-refractivity contribution in [3.8, 4) is 0 Å². The molecule has 3 rings (SSSR count). The van der Waals surface area contributed by atoms with Crippen molar-refractivity contribution in [2.45, 2.75) is 32.4 Å². The van der Waals surface area contributed by atoms with E-state index in [1.807, 2.05) is 25.7 Å². The molecular formula is C14H22N2O4. The molecule has 2 amide bonds. The number of quaternary nitrogens is 1. The lowest BCUT2D eigenvalue weighted by Crippen LogP contribution is -2.74. The lowest BCUT2D eigenvalue weighted by atomic mass is 9.99. The van der Waals surface area contributed by atoms with Crippen LogP contribution in [0.3, 0.4) is 0 Å². The van der Waals surface area contributed by atoms with Crippen molar-refractivity contribution in [3.05, 3.63) is 0 Å². The Labute approximate surface area is 118 Å². The van der Waals surface area contributed by atoms with Gasteiger partial charge in [0.2, 0.25) is 0 Å². The highest BCUT2D eigenvalue weighted by Gasteiger charge is 2.60. The summed E-state index contributed by atoms with van der Waals surface area (Å²) in [7, 11) is 0. The van der Waals surface area contributed by atoms with Gasteiger partial charge < -0.3 is 19.5 Å². The molecule has 112 valence electrons. The Balaban J connectivity index is 1.76. The van der Waals surface area contributed by atoms with Crippen LogP contribution < -0.4 is 5.11 Å². The molecule has 1 aliphatic carbocycles. The van der Waals surface area contributed by atoms with Crippen LogP contribution >= 0.6 is 0 Å². The number of hydrogen-bond donors (Lipinski definition) is 0. The zero-order chi connectivity index (χ0) is 14.7. The van der Waals surface area contributed by atoms with Crippen LogP contribution in [0.1, 0.15) is 20.8 Å². The predicted octanol–water partition coefficient (Wildman–Crippen LogP) is -0.568. The van der Waals surface area contributed by atoms with E-state index in [-0.39, 0.29) is 23.0 Å². The summed E-state index contributed by atoms with van der Waals surface area (Å²) in [5.74, 6) is 0.878. The van der Waals surface area contributed by atoms with Crippen molar-refractivity contribution in [1.29, 1.82) is 0 Å². The second kappa shape index (κ2) is 4.18. The SMILES string of the molecule is CC(C)(C)[N+]1(C(=O)[O-])CCN(C2C3COCC32)C(=O)C1. The molecule has 0 bridgehead atoms.